The Kier molecular flexibility index (Phi) is 3.42. The van der Waals surface area contributed by atoms with Crippen LogP contribution in [0.4, 0.5) is 0 Å². The molecule has 22 heavy (non-hydrogen) atoms. The molecule has 1 aromatic heterocycles. The highest BCUT2D eigenvalue weighted by Gasteiger charge is 2.18. The number of hydrogen-bond donors (Lipinski definition) is 2. The fraction of sp³-hybridized carbons (Fsp3) is 0.125. The van der Waals surface area contributed by atoms with Crippen LogP contribution in [0.15, 0.2) is 41.2 Å². The van der Waals surface area contributed by atoms with E-state index in [0.29, 0.717) is 16.7 Å². The maximum Gasteiger partial charge on any atom is 0.259 e. The largest absolute Gasteiger partial charge is 0.504 e. The van der Waals surface area contributed by atoms with Crippen molar-refractivity contribution in [3.8, 4) is 28.6 Å². The molecule has 0 aliphatic carbocycles. The number of aromatic hydroxyl groups is 1. The zero-order valence-electron chi connectivity index (χ0n) is 12.1. The zero-order valence-corrected chi connectivity index (χ0v) is 12.1. The van der Waals surface area contributed by atoms with Gasteiger partial charge in [0.2, 0.25) is 0 Å². The van der Waals surface area contributed by atoms with Gasteiger partial charge in [-0.25, -0.2) is 4.98 Å². The lowest BCUT2D eigenvalue weighted by molar-refractivity contribution is 0.367. The predicted molar refractivity (Wildman–Crippen MR) is 82.6 cm³/mol. The van der Waals surface area contributed by atoms with Crippen molar-refractivity contribution >= 4 is 10.9 Å². The van der Waals surface area contributed by atoms with Gasteiger partial charge in [-0.2, -0.15) is 0 Å². The number of phenolic OH excluding ortho intramolecular Hbond substituents is 1. The first-order valence-electron chi connectivity index (χ1n) is 6.59. The summed E-state index contributed by atoms with van der Waals surface area (Å²) >= 11 is 0. The summed E-state index contributed by atoms with van der Waals surface area (Å²) in [6, 6.07) is 10.2. The fourth-order valence-electron chi connectivity index (χ4n) is 2.32. The summed E-state index contributed by atoms with van der Waals surface area (Å²) in [5.41, 5.74) is 0.528. The van der Waals surface area contributed by atoms with Gasteiger partial charge >= 0.3 is 0 Å². The summed E-state index contributed by atoms with van der Waals surface area (Å²) in [5, 5.41) is 10.8. The van der Waals surface area contributed by atoms with Crippen LogP contribution < -0.4 is 15.0 Å². The molecule has 0 aliphatic heterocycles. The number of benzene rings is 2. The van der Waals surface area contributed by atoms with Crippen molar-refractivity contribution in [2.24, 2.45) is 0 Å². The predicted octanol–water partition coefficient (Wildman–Crippen LogP) is 2.31. The molecule has 0 saturated carbocycles. The molecule has 6 nitrogen and oxygen atoms in total. The highest BCUT2D eigenvalue weighted by atomic mass is 16.5. The molecule has 0 spiro atoms. The Bertz CT molecular complexity index is 902. The minimum absolute atomic E-state index is 0.139. The molecule has 0 saturated heterocycles. The van der Waals surface area contributed by atoms with Crippen LogP contribution in [-0.4, -0.2) is 29.3 Å². The summed E-state index contributed by atoms with van der Waals surface area (Å²) in [5.74, 6) is 0.737. The van der Waals surface area contributed by atoms with Crippen molar-refractivity contribution in [3.63, 3.8) is 0 Å². The van der Waals surface area contributed by atoms with E-state index in [1.165, 1.54) is 14.2 Å². The van der Waals surface area contributed by atoms with E-state index in [0.717, 1.165) is 0 Å². The Labute approximate surface area is 126 Å². The van der Waals surface area contributed by atoms with E-state index in [1.54, 1.807) is 36.4 Å². The lowest BCUT2D eigenvalue weighted by Crippen LogP contribution is -2.10. The highest BCUT2D eigenvalue weighted by molar-refractivity contribution is 5.82. The van der Waals surface area contributed by atoms with Gasteiger partial charge in [-0.1, -0.05) is 12.1 Å². The molecule has 0 bridgehead atoms. The van der Waals surface area contributed by atoms with E-state index in [4.69, 9.17) is 9.47 Å². The standard InChI is InChI=1S/C16H14N2O4/c1-21-11-7-8-12(22-2)14(19)13(11)15-17-10-6-4-3-5-9(10)16(20)18-15/h3-8,19H,1-2H3,(H,17,18,20). The number of aromatic amines is 1. The Morgan fingerprint density at radius 3 is 2.45 bits per heavy atom. The summed E-state index contributed by atoms with van der Waals surface area (Å²) < 4.78 is 10.4. The Hall–Kier alpha value is -3.02. The SMILES string of the molecule is COc1ccc(OC)c(-c2nc3ccccc3c(=O)[nH]2)c1O. The quantitative estimate of drug-likeness (QED) is 0.775. The number of nitrogens with zero attached hydrogens (tertiary/aromatic N) is 1. The minimum Gasteiger partial charge on any atom is -0.504 e. The molecule has 0 radical (unpaired) electrons. The number of nitrogens with one attached hydrogen (secondary N) is 1. The molecule has 0 amide bonds. The number of ether oxygens (including phenoxy) is 2. The molecular formula is C16H14N2O4. The minimum atomic E-state index is -0.287. The van der Waals surface area contributed by atoms with Gasteiger partial charge in [0.25, 0.3) is 5.56 Å². The van der Waals surface area contributed by atoms with Crippen molar-refractivity contribution in [2.75, 3.05) is 14.2 Å². The average Bonchev–Trinajstić information content (AvgIpc) is 2.54. The van der Waals surface area contributed by atoms with Gasteiger partial charge < -0.3 is 19.6 Å². The van der Waals surface area contributed by atoms with Crippen molar-refractivity contribution in [1.29, 1.82) is 0 Å². The van der Waals surface area contributed by atoms with Crippen molar-refractivity contribution in [1.82, 2.24) is 9.97 Å². The molecule has 2 N–H and O–H groups in total. The third kappa shape index (κ3) is 2.14. The van der Waals surface area contributed by atoms with Gasteiger partial charge in [0.05, 0.1) is 25.1 Å². The molecular weight excluding hydrogens is 284 g/mol. The summed E-state index contributed by atoms with van der Waals surface area (Å²) in [7, 11) is 2.92. The van der Waals surface area contributed by atoms with Crippen LogP contribution in [0.2, 0.25) is 0 Å². The molecule has 6 heteroatoms. The van der Waals surface area contributed by atoms with Gasteiger partial charge in [-0.05, 0) is 24.3 Å². The molecule has 3 rings (SSSR count). The van der Waals surface area contributed by atoms with E-state index in [1.807, 2.05) is 0 Å². The molecule has 1 heterocycles. The van der Waals surface area contributed by atoms with E-state index in [9.17, 15) is 9.90 Å². The molecule has 0 atom stereocenters. The average molecular weight is 298 g/mol. The summed E-state index contributed by atoms with van der Waals surface area (Å²) in [4.78, 5) is 19.3. The van der Waals surface area contributed by atoms with E-state index in [2.05, 4.69) is 9.97 Å². The van der Waals surface area contributed by atoms with Gasteiger partial charge in [-0.3, -0.25) is 4.79 Å². The maximum absolute atomic E-state index is 12.2. The van der Waals surface area contributed by atoms with E-state index in [-0.39, 0.29) is 28.4 Å². The second-order valence-corrected chi connectivity index (χ2v) is 4.63. The molecule has 3 aromatic rings. The van der Waals surface area contributed by atoms with Crippen LogP contribution >= 0.6 is 0 Å². The van der Waals surface area contributed by atoms with Crippen LogP contribution in [0, 0.1) is 0 Å². The second kappa shape index (κ2) is 5.40. The number of para-hydroxylation sites is 1. The Balaban J connectivity index is 2.34. The smallest absolute Gasteiger partial charge is 0.259 e. The van der Waals surface area contributed by atoms with Crippen LogP contribution in [0.3, 0.4) is 0 Å². The van der Waals surface area contributed by atoms with E-state index < -0.39 is 0 Å². The molecule has 2 aromatic carbocycles. The van der Waals surface area contributed by atoms with Crippen LogP contribution in [0.5, 0.6) is 17.2 Å². The zero-order chi connectivity index (χ0) is 15.7. The lowest BCUT2D eigenvalue weighted by Gasteiger charge is -2.13. The molecule has 0 fully saturated rings. The summed E-state index contributed by atoms with van der Waals surface area (Å²) in [6.45, 7) is 0. The Morgan fingerprint density at radius 1 is 1.05 bits per heavy atom. The number of phenols is 1. The monoisotopic (exact) mass is 298 g/mol. The van der Waals surface area contributed by atoms with Crippen LogP contribution in [0.1, 0.15) is 0 Å². The first-order chi connectivity index (χ1) is 10.7. The first kappa shape index (κ1) is 13.9. The Morgan fingerprint density at radius 2 is 1.73 bits per heavy atom. The van der Waals surface area contributed by atoms with Crippen LogP contribution in [-0.2, 0) is 0 Å². The van der Waals surface area contributed by atoms with Crippen molar-refractivity contribution in [3.05, 3.63) is 46.8 Å². The molecule has 0 aliphatic rings. The second-order valence-electron chi connectivity index (χ2n) is 4.63. The number of aromatic nitrogens is 2. The maximum atomic E-state index is 12.2. The first-order valence-corrected chi connectivity index (χ1v) is 6.59. The van der Waals surface area contributed by atoms with Gasteiger partial charge in [0.1, 0.15) is 17.1 Å². The molecule has 0 unspecified atom stereocenters. The third-order valence-electron chi connectivity index (χ3n) is 3.39. The number of hydrogen-bond acceptors (Lipinski definition) is 5. The van der Waals surface area contributed by atoms with Crippen LogP contribution in [0.25, 0.3) is 22.3 Å². The van der Waals surface area contributed by atoms with Gasteiger partial charge in [0.15, 0.2) is 11.5 Å². The van der Waals surface area contributed by atoms with Gasteiger partial charge in [0, 0.05) is 0 Å². The number of H-pyrrole nitrogens is 1. The highest BCUT2D eigenvalue weighted by Crippen LogP contribution is 2.42. The number of rotatable bonds is 3. The normalized spacial score (nSPS) is 10.6. The van der Waals surface area contributed by atoms with Gasteiger partial charge in [-0.15, -0.1) is 0 Å². The van der Waals surface area contributed by atoms with Crippen molar-refractivity contribution in [2.45, 2.75) is 0 Å². The van der Waals surface area contributed by atoms with Crippen molar-refractivity contribution < 1.29 is 14.6 Å². The van der Waals surface area contributed by atoms with E-state index >= 15 is 0 Å². The topological polar surface area (TPSA) is 84.4 Å². The molecule has 112 valence electrons. The number of fused-ring (bicyclic) bond motifs is 1. The number of methoxy groups -OCH3 is 2. The third-order valence-corrected chi connectivity index (χ3v) is 3.39. The summed E-state index contributed by atoms with van der Waals surface area (Å²) in [6.07, 6.45) is 0. The lowest BCUT2D eigenvalue weighted by atomic mass is 10.1. The fourth-order valence-corrected chi connectivity index (χ4v) is 2.32.